The first kappa shape index (κ1) is 12.4. The second kappa shape index (κ2) is 5.54. The van der Waals surface area contributed by atoms with Gasteiger partial charge in [0.1, 0.15) is 0 Å². The molecule has 1 aliphatic heterocycles. The number of benzene rings is 1. The molecule has 2 nitrogen and oxygen atoms in total. The molecule has 0 bridgehead atoms. The minimum atomic E-state index is 0.681. The molecule has 0 saturated carbocycles. The highest BCUT2D eigenvalue weighted by Gasteiger charge is 2.29. The van der Waals surface area contributed by atoms with Gasteiger partial charge in [0.15, 0.2) is 0 Å². The molecule has 2 atom stereocenters. The maximum absolute atomic E-state index is 5.58. The molecule has 1 aromatic carbocycles. The smallest absolute Gasteiger partial charge is 0.0371 e. The molecule has 0 spiro atoms. The zero-order chi connectivity index (χ0) is 12.3. The van der Waals surface area contributed by atoms with Crippen molar-refractivity contribution in [3.63, 3.8) is 0 Å². The largest absolute Gasteiger partial charge is 0.366 e. The highest BCUT2D eigenvalue weighted by Crippen LogP contribution is 2.31. The average Bonchev–Trinajstić information content (AvgIpc) is 2.72. The molecule has 1 aromatic rings. The highest BCUT2D eigenvalue weighted by atomic mass is 15.2. The Bertz CT molecular complexity index is 344. The van der Waals surface area contributed by atoms with Gasteiger partial charge in [0.2, 0.25) is 0 Å². The molecule has 0 amide bonds. The van der Waals surface area contributed by atoms with Crippen molar-refractivity contribution in [3.05, 3.63) is 29.8 Å². The molecule has 17 heavy (non-hydrogen) atoms. The van der Waals surface area contributed by atoms with Crippen molar-refractivity contribution in [2.45, 2.75) is 51.6 Å². The normalized spacial score (nSPS) is 24.3. The monoisotopic (exact) mass is 232 g/mol. The third-order valence-corrected chi connectivity index (χ3v) is 3.92. The summed E-state index contributed by atoms with van der Waals surface area (Å²) >= 11 is 0. The summed E-state index contributed by atoms with van der Waals surface area (Å²) in [7, 11) is 0. The third-order valence-electron chi connectivity index (χ3n) is 3.92. The summed E-state index contributed by atoms with van der Waals surface area (Å²) in [6.45, 7) is 5.36. The average molecular weight is 232 g/mol. The predicted molar refractivity (Wildman–Crippen MR) is 74.5 cm³/mol. The number of hydrogen-bond donors (Lipinski definition) is 1. The van der Waals surface area contributed by atoms with Crippen LogP contribution in [0.5, 0.6) is 0 Å². The van der Waals surface area contributed by atoms with Gasteiger partial charge in [0.25, 0.3) is 0 Å². The van der Waals surface area contributed by atoms with Crippen molar-refractivity contribution in [2.75, 3.05) is 11.4 Å². The van der Waals surface area contributed by atoms with Crippen LogP contribution in [0.3, 0.4) is 0 Å². The Morgan fingerprint density at radius 1 is 1.24 bits per heavy atom. The van der Waals surface area contributed by atoms with Crippen molar-refractivity contribution < 1.29 is 0 Å². The quantitative estimate of drug-likeness (QED) is 0.865. The summed E-state index contributed by atoms with van der Waals surface area (Å²) in [6, 6.07) is 10.4. The van der Waals surface area contributed by atoms with E-state index < -0.39 is 0 Å². The van der Waals surface area contributed by atoms with Crippen LogP contribution in [0.15, 0.2) is 24.3 Å². The van der Waals surface area contributed by atoms with Crippen molar-refractivity contribution >= 4 is 5.69 Å². The summed E-state index contributed by atoms with van der Waals surface area (Å²) in [6.07, 6.45) is 4.88. The van der Waals surface area contributed by atoms with E-state index in [2.05, 4.69) is 43.0 Å². The van der Waals surface area contributed by atoms with E-state index in [-0.39, 0.29) is 0 Å². The van der Waals surface area contributed by atoms with Crippen molar-refractivity contribution in [1.82, 2.24) is 0 Å². The van der Waals surface area contributed by atoms with E-state index in [1.165, 1.54) is 30.5 Å². The van der Waals surface area contributed by atoms with Crippen LogP contribution in [0.2, 0.25) is 0 Å². The van der Waals surface area contributed by atoms with Gasteiger partial charge >= 0.3 is 0 Å². The molecular weight excluding hydrogens is 208 g/mol. The number of hydrogen-bond acceptors (Lipinski definition) is 2. The van der Waals surface area contributed by atoms with Crippen LogP contribution in [0.4, 0.5) is 5.69 Å². The van der Waals surface area contributed by atoms with Crippen LogP contribution in [0.25, 0.3) is 0 Å². The number of nitrogens with two attached hydrogens (primary N) is 1. The molecule has 0 aliphatic carbocycles. The van der Waals surface area contributed by atoms with Crippen LogP contribution in [-0.2, 0) is 6.42 Å². The standard InChI is InChI=1S/C15H24N2/c1-3-14-7-4-12(2)17(14)15-8-5-13(6-9-15)10-11-16/h5-6,8-9,12,14H,3-4,7,10-11,16H2,1-2H3. The third kappa shape index (κ3) is 2.63. The van der Waals surface area contributed by atoms with Crippen LogP contribution in [-0.4, -0.2) is 18.6 Å². The first-order valence-corrected chi connectivity index (χ1v) is 6.83. The molecule has 1 aliphatic rings. The van der Waals surface area contributed by atoms with Gasteiger partial charge in [-0.1, -0.05) is 19.1 Å². The molecule has 0 radical (unpaired) electrons. The zero-order valence-corrected chi connectivity index (χ0v) is 11.0. The van der Waals surface area contributed by atoms with Gasteiger partial charge in [-0.2, -0.15) is 0 Å². The highest BCUT2D eigenvalue weighted by molar-refractivity contribution is 5.50. The van der Waals surface area contributed by atoms with Gasteiger partial charge in [-0.25, -0.2) is 0 Å². The molecule has 2 unspecified atom stereocenters. The van der Waals surface area contributed by atoms with E-state index in [1.807, 2.05) is 0 Å². The predicted octanol–water partition coefficient (Wildman–Crippen LogP) is 2.96. The summed E-state index contributed by atoms with van der Waals surface area (Å²) < 4.78 is 0. The van der Waals surface area contributed by atoms with E-state index in [9.17, 15) is 0 Å². The molecular formula is C15H24N2. The fourth-order valence-corrected chi connectivity index (χ4v) is 2.94. The first-order valence-electron chi connectivity index (χ1n) is 6.83. The summed E-state index contributed by atoms with van der Waals surface area (Å²) in [4.78, 5) is 2.59. The lowest BCUT2D eigenvalue weighted by Crippen LogP contribution is -2.33. The van der Waals surface area contributed by atoms with Gasteiger partial charge in [0, 0.05) is 17.8 Å². The number of rotatable bonds is 4. The maximum atomic E-state index is 5.58. The minimum Gasteiger partial charge on any atom is -0.366 e. The lowest BCUT2D eigenvalue weighted by molar-refractivity contribution is 0.628. The Balaban J connectivity index is 2.15. The molecule has 94 valence electrons. The van der Waals surface area contributed by atoms with Gasteiger partial charge in [-0.15, -0.1) is 0 Å². The van der Waals surface area contributed by atoms with E-state index in [4.69, 9.17) is 5.73 Å². The molecule has 2 rings (SSSR count). The summed E-state index contributed by atoms with van der Waals surface area (Å²) in [5.41, 5.74) is 8.30. The van der Waals surface area contributed by atoms with Crippen LogP contribution in [0, 0.1) is 0 Å². The number of anilines is 1. The van der Waals surface area contributed by atoms with Crippen LogP contribution < -0.4 is 10.6 Å². The first-order chi connectivity index (χ1) is 8.26. The fourth-order valence-electron chi connectivity index (χ4n) is 2.94. The minimum absolute atomic E-state index is 0.681. The van der Waals surface area contributed by atoms with E-state index in [0.29, 0.717) is 6.04 Å². The number of nitrogens with zero attached hydrogens (tertiary/aromatic N) is 1. The van der Waals surface area contributed by atoms with Crippen molar-refractivity contribution in [1.29, 1.82) is 0 Å². The Hall–Kier alpha value is -1.02. The molecule has 2 N–H and O–H groups in total. The van der Waals surface area contributed by atoms with Gasteiger partial charge < -0.3 is 10.6 Å². The van der Waals surface area contributed by atoms with Crippen LogP contribution >= 0.6 is 0 Å². The molecule has 1 fully saturated rings. The zero-order valence-electron chi connectivity index (χ0n) is 11.0. The van der Waals surface area contributed by atoms with Gasteiger partial charge in [-0.3, -0.25) is 0 Å². The second-order valence-electron chi connectivity index (χ2n) is 5.10. The van der Waals surface area contributed by atoms with Gasteiger partial charge in [-0.05, 0) is 56.8 Å². The molecule has 1 saturated heterocycles. The second-order valence-corrected chi connectivity index (χ2v) is 5.10. The van der Waals surface area contributed by atoms with E-state index in [0.717, 1.165) is 19.0 Å². The van der Waals surface area contributed by atoms with Gasteiger partial charge in [0.05, 0.1) is 0 Å². The van der Waals surface area contributed by atoms with E-state index in [1.54, 1.807) is 0 Å². The molecule has 0 aromatic heterocycles. The molecule has 2 heteroatoms. The maximum Gasteiger partial charge on any atom is 0.0371 e. The lowest BCUT2D eigenvalue weighted by Gasteiger charge is -2.30. The Morgan fingerprint density at radius 2 is 1.94 bits per heavy atom. The molecule has 1 heterocycles. The SMILES string of the molecule is CCC1CCC(C)N1c1ccc(CCN)cc1. The summed E-state index contributed by atoms with van der Waals surface area (Å²) in [5.74, 6) is 0. The van der Waals surface area contributed by atoms with Crippen molar-refractivity contribution in [2.24, 2.45) is 5.73 Å². The Labute approximate surface area is 105 Å². The topological polar surface area (TPSA) is 29.3 Å². The lowest BCUT2D eigenvalue weighted by atomic mass is 10.1. The Kier molecular flexibility index (Phi) is 4.06. The fraction of sp³-hybridized carbons (Fsp3) is 0.600. The van der Waals surface area contributed by atoms with Crippen LogP contribution in [0.1, 0.15) is 38.7 Å². The summed E-state index contributed by atoms with van der Waals surface area (Å²) in [5, 5.41) is 0. The van der Waals surface area contributed by atoms with Crippen molar-refractivity contribution in [3.8, 4) is 0 Å². The van der Waals surface area contributed by atoms with E-state index >= 15 is 0 Å². The Morgan fingerprint density at radius 3 is 2.53 bits per heavy atom.